The van der Waals surface area contributed by atoms with Crippen molar-refractivity contribution in [2.45, 2.75) is 50.5 Å². The number of aromatic nitrogens is 1. The molecule has 39 heavy (non-hydrogen) atoms. The van der Waals surface area contributed by atoms with Gasteiger partial charge in [0.1, 0.15) is 5.03 Å². The van der Waals surface area contributed by atoms with Crippen LogP contribution in [0.3, 0.4) is 0 Å². The lowest BCUT2D eigenvalue weighted by Gasteiger charge is -2.10. The standard InChI is InChI=1S/C20H21NS2.C9H10.C7H8/c1-15(2)17(10-7-13-22)14-18-9-6-12-21-20(18)23-19-11-5-4-8-16(19)3;1-3-9-6-4-8(2)5-7-9;1-7-5-3-2-4-6-7/h4-6,8-9,11-14H,1,7,10H2,2-3H3;3-7H,1H2,2H3;2-6H,1H3/b17-14+;;. The molecule has 0 N–H and O–H groups in total. The highest BCUT2D eigenvalue weighted by Crippen LogP contribution is 2.32. The largest absolute Gasteiger partial charge is 0.249 e. The second kappa shape index (κ2) is 17.9. The van der Waals surface area contributed by atoms with E-state index in [1.54, 1.807) is 17.1 Å². The molecule has 0 atom stereocenters. The van der Waals surface area contributed by atoms with Crippen molar-refractivity contribution in [3.8, 4) is 0 Å². The summed E-state index contributed by atoms with van der Waals surface area (Å²) in [5.74, 6) is 0. The molecule has 4 rings (SSSR count). The van der Waals surface area contributed by atoms with Gasteiger partial charge in [-0.05, 0) is 80.8 Å². The molecule has 0 bridgehead atoms. The summed E-state index contributed by atoms with van der Waals surface area (Å²) in [4.78, 5) is 5.80. The van der Waals surface area contributed by atoms with E-state index in [9.17, 15) is 0 Å². The first-order valence-corrected chi connectivity index (χ1v) is 14.3. The fraction of sp³-hybridized carbons (Fsp3) is 0.167. The van der Waals surface area contributed by atoms with E-state index < -0.39 is 0 Å². The first kappa shape index (κ1) is 31.7. The summed E-state index contributed by atoms with van der Waals surface area (Å²) in [5.41, 5.74) is 8.49. The SMILES string of the molecule is C=C(C)/C(=C/c1cccnc1Sc1ccccc1C)CCC=S.C=Cc1ccc(C)cc1.Cc1ccccc1. The molecule has 0 radical (unpaired) electrons. The summed E-state index contributed by atoms with van der Waals surface area (Å²) < 4.78 is 0. The Hall–Kier alpha value is -3.53. The van der Waals surface area contributed by atoms with Gasteiger partial charge in [-0.1, -0.05) is 139 Å². The first-order valence-electron chi connectivity index (χ1n) is 13.0. The number of allylic oxidation sites excluding steroid dienone is 2. The van der Waals surface area contributed by atoms with Crippen LogP contribution in [0.15, 0.2) is 131 Å². The molecule has 4 aromatic rings. The molecule has 1 aromatic heterocycles. The average molecular weight is 550 g/mol. The number of hydrogen-bond donors (Lipinski definition) is 0. The van der Waals surface area contributed by atoms with Gasteiger partial charge in [-0.2, -0.15) is 0 Å². The third-order valence-corrected chi connectivity index (χ3v) is 7.21. The number of hydrogen-bond acceptors (Lipinski definition) is 3. The average Bonchev–Trinajstić information content (AvgIpc) is 2.94. The maximum absolute atomic E-state index is 4.95. The summed E-state index contributed by atoms with van der Waals surface area (Å²) in [6.07, 6.45) is 7.68. The Morgan fingerprint density at radius 3 is 2.05 bits per heavy atom. The van der Waals surface area contributed by atoms with Gasteiger partial charge in [0.2, 0.25) is 0 Å². The number of rotatable bonds is 8. The van der Waals surface area contributed by atoms with Crippen molar-refractivity contribution >= 4 is 41.5 Å². The number of benzene rings is 3. The Morgan fingerprint density at radius 1 is 0.846 bits per heavy atom. The van der Waals surface area contributed by atoms with Gasteiger partial charge in [-0.15, -0.1) is 0 Å². The van der Waals surface area contributed by atoms with E-state index in [0.717, 1.165) is 29.0 Å². The summed E-state index contributed by atoms with van der Waals surface area (Å²) in [6.45, 7) is 16.1. The van der Waals surface area contributed by atoms with E-state index in [0.29, 0.717) is 0 Å². The Labute approximate surface area is 245 Å². The molecule has 3 heteroatoms. The van der Waals surface area contributed by atoms with E-state index in [-0.39, 0.29) is 0 Å². The van der Waals surface area contributed by atoms with Crippen molar-refractivity contribution < 1.29 is 0 Å². The minimum Gasteiger partial charge on any atom is -0.249 e. The van der Waals surface area contributed by atoms with Crippen molar-refractivity contribution in [3.05, 3.63) is 149 Å². The minimum absolute atomic E-state index is 0.883. The molecule has 0 unspecified atom stereocenters. The summed E-state index contributed by atoms with van der Waals surface area (Å²) in [5, 5.41) is 2.80. The van der Waals surface area contributed by atoms with Crippen LogP contribution in [0.2, 0.25) is 0 Å². The van der Waals surface area contributed by atoms with Gasteiger partial charge >= 0.3 is 0 Å². The molecule has 1 heterocycles. The minimum atomic E-state index is 0.883. The summed E-state index contributed by atoms with van der Waals surface area (Å²) in [7, 11) is 0. The third kappa shape index (κ3) is 12.2. The maximum Gasteiger partial charge on any atom is 0.108 e. The first-order chi connectivity index (χ1) is 18.8. The molecule has 200 valence electrons. The van der Waals surface area contributed by atoms with Gasteiger partial charge in [0.25, 0.3) is 0 Å². The number of aryl methyl sites for hydroxylation is 3. The van der Waals surface area contributed by atoms with E-state index in [1.807, 2.05) is 43.5 Å². The van der Waals surface area contributed by atoms with Crippen LogP contribution in [0.4, 0.5) is 0 Å². The zero-order valence-corrected chi connectivity index (χ0v) is 25.2. The molecular formula is C36H39NS2. The Balaban J connectivity index is 0.000000269. The smallest absolute Gasteiger partial charge is 0.108 e. The monoisotopic (exact) mass is 549 g/mol. The van der Waals surface area contributed by atoms with Crippen molar-refractivity contribution in [1.29, 1.82) is 0 Å². The van der Waals surface area contributed by atoms with E-state index in [2.05, 4.69) is 112 Å². The van der Waals surface area contributed by atoms with Crippen molar-refractivity contribution in [2.75, 3.05) is 0 Å². The van der Waals surface area contributed by atoms with Crippen LogP contribution in [0, 0.1) is 20.8 Å². The van der Waals surface area contributed by atoms with E-state index >= 15 is 0 Å². The Morgan fingerprint density at radius 2 is 1.49 bits per heavy atom. The number of thiocarbonyl (C=S) groups is 1. The van der Waals surface area contributed by atoms with Crippen molar-refractivity contribution in [3.63, 3.8) is 0 Å². The Kier molecular flexibility index (Phi) is 14.5. The quantitative estimate of drug-likeness (QED) is 0.160. The molecule has 0 aliphatic rings. The van der Waals surface area contributed by atoms with Crippen molar-refractivity contribution in [1.82, 2.24) is 4.98 Å². The van der Waals surface area contributed by atoms with Gasteiger partial charge < -0.3 is 0 Å². The molecule has 0 spiro atoms. The lowest BCUT2D eigenvalue weighted by Crippen LogP contribution is -1.90. The van der Waals surface area contributed by atoms with Gasteiger partial charge in [0.05, 0.1) is 0 Å². The summed E-state index contributed by atoms with van der Waals surface area (Å²) >= 11 is 6.65. The van der Waals surface area contributed by atoms with Crippen LogP contribution in [0.5, 0.6) is 0 Å². The van der Waals surface area contributed by atoms with Crippen LogP contribution in [-0.4, -0.2) is 10.4 Å². The Bertz CT molecular complexity index is 1350. The fourth-order valence-electron chi connectivity index (χ4n) is 3.42. The molecule has 3 aromatic carbocycles. The van der Waals surface area contributed by atoms with Crippen LogP contribution in [-0.2, 0) is 0 Å². The third-order valence-electron chi connectivity index (χ3n) is 5.76. The molecule has 0 fully saturated rings. The van der Waals surface area contributed by atoms with Gasteiger partial charge in [0, 0.05) is 16.7 Å². The lowest BCUT2D eigenvalue weighted by molar-refractivity contribution is 1.05. The number of pyridine rings is 1. The predicted molar refractivity (Wildman–Crippen MR) is 178 cm³/mol. The highest BCUT2D eigenvalue weighted by atomic mass is 32.2. The highest BCUT2D eigenvalue weighted by molar-refractivity contribution is 7.99. The van der Waals surface area contributed by atoms with E-state index in [1.165, 1.54) is 32.7 Å². The van der Waals surface area contributed by atoms with Gasteiger partial charge in [0.15, 0.2) is 0 Å². The zero-order valence-electron chi connectivity index (χ0n) is 23.6. The zero-order chi connectivity index (χ0) is 28.5. The maximum atomic E-state index is 4.95. The molecule has 0 saturated carbocycles. The predicted octanol–water partition coefficient (Wildman–Crippen LogP) is 10.9. The van der Waals surface area contributed by atoms with Crippen LogP contribution < -0.4 is 0 Å². The molecule has 1 nitrogen and oxygen atoms in total. The normalized spacial score (nSPS) is 10.3. The number of nitrogens with zero attached hydrogens (tertiary/aromatic N) is 1. The second-order valence-corrected chi connectivity index (χ2v) is 10.6. The molecule has 0 aliphatic carbocycles. The van der Waals surface area contributed by atoms with Crippen LogP contribution in [0.1, 0.15) is 47.6 Å². The highest BCUT2D eigenvalue weighted by Gasteiger charge is 2.07. The summed E-state index contributed by atoms with van der Waals surface area (Å²) in [6, 6.07) is 31.0. The van der Waals surface area contributed by atoms with Gasteiger partial charge in [-0.25, -0.2) is 4.98 Å². The van der Waals surface area contributed by atoms with Crippen LogP contribution in [0.25, 0.3) is 12.2 Å². The van der Waals surface area contributed by atoms with Crippen molar-refractivity contribution in [2.24, 2.45) is 0 Å². The molecular weight excluding hydrogens is 511 g/mol. The lowest BCUT2D eigenvalue weighted by atomic mass is 10.0. The molecule has 0 aliphatic heterocycles. The topological polar surface area (TPSA) is 12.9 Å². The second-order valence-electron chi connectivity index (χ2n) is 9.19. The van der Waals surface area contributed by atoms with E-state index in [4.69, 9.17) is 12.2 Å². The molecule has 0 amide bonds. The van der Waals surface area contributed by atoms with Crippen LogP contribution >= 0.6 is 24.0 Å². The van der Waals surface area contributed by atoms with Gasteiger partial charge in [-0.3, -0.25) is 0 Å². The molecule has 0 saturated heterocycles. The fourth-order valence-corrected chi connectivity index (χ4v) is 4.48.